The highest BCUT2D eigenvalue weighted by atomic mass is 35.5. The normalized spacial score (nSPS) is 23.7. The molecule has 2 aromatic rings. The van der Waals surface area contributed by atoms with Crippen molar-refractivity contribution in [1.29, 1.82) is 0 Å². The number of piperidine rings is 1. The molecule has 1 unspecified atom stereocenters. The van der Waals surface area contributed by atoms with E-state index >= 15 is 0 Å². The number of aryl methyl sites for hydroxylation is 1. The first-order valence-corrected chi connectivity index (χ1v) is 14.8. The van der Waals surface area contributed by atoms with Gasteiger partial charge >= 0.3 is 0 Å². The van der Waals surface area contributed by atoms with Gasteiger partial charge in [0.25, 0.3) is 5.91 Å². The van der Waals surface area contributed by atoms with Gasteiger partial charge in [0.05, 0.1) is 12.0 Å². The number of nitrogens with zero attached hydrogens (tertiary/aromatic N) is 1. The van der Waals surface area contributed by atoms with Gasteiger partial charge in [0.15, 0.2) is 0 Å². The first-order chi connectivity index (χ1) is 18.8. The van der Waals surface area contributed by atoms with E-state index in [1.807, 2.05) is 30.0 Å². The molecule has 2 N–H and O–H groups in total. The Hall–Kier alpha value is -3.05. The van der Waals surface area contributed by atoms with Crippen molar-refractivity contribution in [2.75, 3.05) is 17.2 Å². The Bertz CT molecular complexity index is 1280. The Morgan fingerprint density at radius 2 is 1.67 bits per heavy atom. The Labute approximate surface area is 237 Å². The van der Waals surface area contributed by atoms with E-state index in [4.69, 9.17) is 11.6 Å². The maximum absolute atomic E-state index is 14.1. The lowest BCUT2D eigenvalue weighted by molar-refractivity contribution is -0.135. The molecule has 0 aromatic heterocycles. The number of likely N-dealkylation sites (tertiary alicyclic amines) is 1. The van der Waals surface area contributed by atoms with Crippen molar-refractivity contribution in [3.05, 3.63) is 81.9 Å². The maximum atomic E-state index is 14.1. The van der Waals surface area contributed by atoms with Crippen LogP contribution >= 0.6 is 11.6 Å². The van der Waals surface area contributed by atoms with Crippen molar-refractivity contribution in [3.63, 3.8) is 0 Å². The summed E-state index contributed by atoms with van der Waals surface area (Å²) in [6, 6.07) is 14.2. The monoisotopic (exact) mass is 545 g/mol. The van der Waals surface area contributed by atoms with Crippen LogP contribution in [0.25, 0.3) is 0 Å². The number of hydrogen-bond donors (Lipinski definition) is 2. The van der Waals surface area contributed by atoms with Crippen LogP contribution in [0.4, 0.5) is 11.4 Å². The Balaban J connectivity index is 1.45. The fourth-order valence-corrected chi connectivity index (χ4v) is 6.44. The molecular weight excluding hydrogens is 506 g/mol. The number of anilines is 2. The highest BCUT2D eigenvalue weighted by Gasteiger charge is 2.40. The molecule has 3 aliphatic rings. The van der Waals surface area contributed by atoms with Crippen LogP contribution in [0, 0.1) is 18.8 Å². The summed E-state index contributed by atoms with van der Waals surface area (Å²) in [5.74, 6) is -0.0981. The maximum Gasteiger partial charge on any atom is 0.254 e. The molecule has 1 saturated carbocycles. The summed E-state index contributed by atoms with van der Waals surface area (Å²) >= 11 is 6.34. The molecule has 1 saturated heterocycles. The van der Waals surface area contributed by atoms with Crippen LogP contribution in [0.15, 0.2) is 65.8 Å². The van der Waals surface area contributed by atoms with E-state index in [1.54, 1.807) is 6.07 Å². The number of benzene rings is 2. The van der Waals surface area contributed by atoms with E-state index in [2.05, 4.69) is 54.8 Å². The van der Waals surface area contributed by atoms with Gasteiger partial charge in [-0.15, -0.1) is 0 Å². The standard InChI is InChI=1S/C33H40ClN3O2/c1-21-8-6-11-28(23(21)3)33(39)37-19-7-12-29(32(38)36-27-16-13-22(2)30(34)20-27)31(37)24-14-17-26(18-15-24)35-25-9-4-5-10-25/h6,11,13-18,20-21,25,29,31,35H,4-5,7-10,12,19H2,1-3H3,(H,36,38)/t21?,29-,31-/m0/s1. The molecule has 6 heteroatoms. The van der Waals surface area contributed by atoms with Gasteiger partial charge in [-0.1, -0.05) is 67.3 Å². The second kappa shape index (κ2) is 12.0. The highest BCUT2D eigenvalue weighted by Crippen LogP contribution is 2.40. The van der Waals surface area contributed by atoms with E-state index in [-0.39, 0.29) is 23.8 Å². The number of amides is 2. The average Bonchev–Trinajstić information content (AvgIpc) is 3.45. The van der Waals surface area contributed by atoms with Crippen molar-refractivity contribution in [2.45, 2.75) is 77.8 Å². The summed E-state index contributed by atoms with van der Waals surface area (Å²) in [6.45, 7) is 6.80. The third kappa shape index (κ3) is 6.09. The fourth-order valence-electron chi connectivity index (χ4n) is 6.26. The highest BCUT2D eigenvalue weighted by molar-refractivity contribution is 6.31. The van der Waals surface area contributed by atoms with Gasteiger partial charge in [-0.2, -0.15) is 0 Å². The topological polar surface area (TPSA) is 61.4 Å². The fraction of sp³-hybridized carbons (Fsp3) is 0.455. The largest absolute Gasteiger partial charge is 0.382 e. The zero-order valence-corrected chi connectivity index (χ0v) is 24.1. The quantitative estimate of drug-likeness (QED) is 0.388. The lowest BCUT2D eigenvalue weighted by Crippen LogP contribution is -2.47. The summed E-state index contributed by atoms with van der Waals surface area (Å²) in [4.78, 5) is 29.8. The van der Waals surface area contributed by atoms with Crippen LogP contribution in [0.5, 0.6) is 0 Å². The molecule has 5 rings (SSSR count). The van der Waals surface area contributed by atoms with Gasteiger partial charge in [-0.05, 0) is 87.3 Å². The molecule has 2 aromatic carbocycles. The number of carbonyl (C=O) groups is 2. The van der Waals surface area contributed by atoms with E-state index < -0.39 is 0 Å². The molecule has 0 radical (unpaired) electrons. The van der Waals surface area contributed by atoms with Crippen LogP contribution in [0.2, 0.25) is 5.02 Å². The molecule has 0 bridgehead atoms. The molecular formula is C33H40ClN3O2. The van der Waals surface area contributed by atoms with Gasteiger partial charge in [-0.3, -0.25) is 9.59 Å². The van der Waals surface area contributed by atoms with Crippen molar-refractivity contribution in [2.24, 2.45) is 11.8 Å². The van der Waals surface area contributed by atoms with E-state index in [0.717, 1.165) is 40.8 Å². The minimum absolute atomic E-state index is 0.0179. The van der Waals surface area contributed by atoms with Crippen LogP contribution in [-0.2, 0) is 9.59 Å². The number of rotatable bonds is 6. The van der Waals surface area contributed by atoms with Gasteiger partial charge in [0, 0.05) is 34.6 Å². The van der Waals surface area contributed by atoms with Crippen LogP contribution in [0.3, 0.4) is 0 Å². The SMILES string of the molecule is CC1=C(C(=O)N2CCC[C@H](C(=O)Nc3ccc(C)c(Cl)c3)[C@@H]2c2ccc(NC3CCCC3)cc2)C=CCC1C. The third-order valence-electron chi connectivity index (χ3n) is 8.81. The molecule has 1 heterocycles. The van der Waals surface area contributed by atoms with Crippen LogP contribution < -0.4 is 10.6 Å². The number of allylic oxidation sites excluding steroid dienone is 2. The Morgan fingerprint density at radius 1 is 0.949 bits per heavy atom. The average molecular weight is 546 g/mol. The lowest BCUT2D eigenvalue weighted by atomic mass is 9.82. The summed E-state index contributed by atoms with van der Waals surface area (Å²) in [5, 5.41) is 7.37. The predicted molar refractivity (Wildman–Crippen MR) is 160 cm³/mol. The summed E-state index contributed by atoms with van der Waals surface area (Å²) in [7, 11) is 0. The van der Waals surface area contributed by atoms with Crippen molar-refractivity contribution in [1.82, 2.24) is 4.90 Å². The molecule has 39 heavy (non-hydrogen) atoms. The van der Waals surface area contributed by atoms with Gasteiger partial charge in [-0.25, -0.2) is 0 Å². The minimum atomic E-state index is -0.373. The number of halogens is 1. The van der Waals surface area contributed by atoms with Gasteiger partial charge in [0.1, 0.15) is 0 Å². The van der Waals surface area contributed by atoms with Crippen molar-refractivity contribution < 1.29 is 9.59 Å². The van der Waals surface area contributed by atoms with Crippen molar-refractivity contribution >= 4 is 34.8 Å². The third-order valence-corrected chi connectivity index (χ3v) is 9.22. The van der Waals surface area contributed by atoms with Crippen LogP contribution in [-0.4, -0.2) is 29.3 Å². The molecule has 3 atom stereocenters. The first-order valence-electron chi connectivity index (χ1n) is 14.4. The molecule has 206 valence electrons. The number of carbonyl (C=O) groups excluding carboxylic acids is 2. The lowest BCUT2D eigenvalue weighted by Gasteiger charge is -2.42. The second-order valence-corrected chi connectivity index (χ2v) is 11.9. The number of nitrogens with one attached hydrogen (secondary N) is 2. The number of hydrogen-bond acceptors (Lipinski definition) is 3. The van der Waals surface area contributed by atoms with E-state index in [0.29, 0.717) is 35.6 Å². The molecule has 2 fully saturated rings. The minimum Gasteiger partial charge on any atom is -0.382 e. The van der Waals surface area contributed by atoms with Crippen molar-refractivity contribution in [3.8, 4) is 0 Å². The predicted octanol–water partition coefficient (Wildman–Crippen LogP) is 7.83. The summed E-state index contributed by atoms with van der Waals surface area (Å²) in [5.41, 5.74) is 5.62. The summed E-state index contributed by atoms with van der Waals surface area (Å²) in [6.07, 6.45) is 11.5. The molecule has 5 nitrogen and oxygen atoms in total. The van der Waals surface area contributed by atoms with Gasteiger partial charge in [0.2, 0.25) is 5.91 Å². The van der Waals surface area contributed by atoms with Gasteiger partial charge < -0.3 is 15.5 Å². The zero-order valence-electron chi connectivity index (χ0n) is 23.3. The smallest absolute Gasteiger partial charge is 0.254 e. The molecule has 1 aliphatic heterocycles. The second-order valence-electron chi connectivity index (χ2n) is 11.5. The first kappa shape index (κ1) is 27.5. The molecule has 2 amide bonds. The Morgan fingerprint density at radius 3 is 2.38 bits per heavy atom. The molecule has 2 aliphatic carbocycles. The van der Waals surface area contributed by atoms with E-state index in [1.165, 1.54) is 25.7 Å². The molecule has 0 spiro atoms. The Kier molecular flexibility index (Phi) is 8.46. The summed E-state index contributed by atoms with van der Waals surface area (Å²) < 4.78 is 0. The zero-order chi connectivity index (χ0) is 27.5. The van der Waals surface area contributed by atoms with E-state index in [9.17, 15) is 9.59 Å². The van der Waals surface area contributed by atoms with Crippen LogP contribution in [0.1, 0.15) is 76.0 Å².